The molecule has 3 amide bonds. The molecule has 0 unspecified atom stereocenters. The number of urea groups is 1. The lowest BCUT2D eigenvalue weighted by molar-refractivity contribution is 0.200. The fraction of sp³-hybridized carbons (Fsp3) is 0.600. The lowest BCUT2D eigenvalue weighted by Crippen LogP contribution is -2.40. The first-order valence-electron chi connectivity index (χ1n) is 2.88. The third-order valence-electron chi connectivity index (χ3n) is 1.32. The molecule has 2 N–H and O–H groups in total. The molecule has 1 aliphatic rings. The smallest absolute Gasteiger partial charge is 0.322 e. The molecule has 0 radical (unpaired) electrons. The van der Waals surface area contributed by atoms with E-state index in [2.05, 4.69) is 0 Å². The van der Waals surface area contributed by atoms with E-state index in [1.54, 1.807) is 6.92 Å². The topological polar surface area (TPSA) is 63.4 Å². The minimum Gasteiger partial charge on any atom is -0.351 e. The van der Waals surface area contributed by atoms with Gasteiger partial charge in [0, 0.05) is 11.8 Å². The van der Waals surface area contributed by atoms with E-state index in [1.807, 2.05) is 0 Å². The number of carbonyl (C=O) groups excluding carboxylic acids is 2. The fourth-order valence-corrected chi connectivity index (χ4v) is 1.76. The number of hydrogen-bond donors (Lipinski definition) is 1. The van der Waals surface area contributed by atoms with Crippen LogP contribution in [0.15, 0.2) is 0 Å². The highest BCUT2D eigenvalue weighted by atomic mass is 32.2. The van der Waals surface area contributed by atoms with Gasteiger partial charge in [-0.15, -0.1) is 0 Å². The Balaban J connectivity index is 2.72. The highest BCUT2D eigenvalue weighted by Gasteiger charge is 2.31. The number of hydrogen-bond acceptors (Lipinski definition) is 3. The second-order valence-electron chi connectivity index (χ2n) is 2.13. The summed E-state index contributed by atoms with van der Waals surface area (Å²) in [6.07, 6.45) is 0. The number of amides is 3. The van der Waals surface area contributed by atoms with Crippen LogP contribution in [-0.4, -0.2) is 28.0 Å². The summed E-state index contributed by atoms with van der Waals surface area (Å²) in [6, 6.07) is -0.697. The minimum absolute atomic E-state index is 0.0463. The van der Waals surface area contributed by atoms with E-state index < -0.39 is 6.03 Å². The quantitative estimate of drug-likeness (QED) is 0.565. The number of rotatable bonds is 0. The summed E-state index contributed by atoms with van der Waals surface area (Å²) in [4.78, 5) is 22.4. The molecule has 10 heavy (non-hydrogen) atoms. The first-order valence-corrected chi connectivity index (χ1v) is 3.87. The molecule has 1 saturated heterocycles. The van der Waals surface area contributed by atoms with Crippen molar-refractivity contribution in [2.75, 3.05) is 5.75 Å². The molecule has 0 saturated carbocycles. The molecule has 1 fully saturated rings. The second-order valence-corrected chi connectivity index (χ2v) is 3.11. The minimum atomic E-state index is -0.650. The molecule has 56 valence electrons. The van der Waals surface area contributed by atoms with E-state index in [9.17, 15) is 9.59 Å². The van der Waals surface area contributed by atoms with Crippen molar-refractivity contribution >= 4 is 23.0 Å². The summed E-state index contributed by atoms with van der Waals surface area (Å²) >= 11 is 1.13. The molecule has 1 atom stereocenters. The zero-order chi connectivity index (χ0) is 7.72. The number of nitrogens with zero attached hydrogens (tertiary/aromatic N) is 1. The maximum Gasteiger partial charge on any atom is 0.322 e. The molecule has 0 spiro atoms. The zero-order valence-electron chi connectivity index (χ0n) is 5.53. The van der Waals surface area contributed by atoms with Gasteiger partial charge >= 0.3 is 6.03 Å². The Morgan fingerprint density at radius 2 is 2.50 bits per heavy atom. The van der Waals surface area contributed by atoms with Crippen LogP contribution in [0.3, 0.4) is 0 Å². The molecule has 1 aliphatic heterocycles. The zero-order valence-corrected chi connectivity index (χ0v) is 6.35. The van der Waals surface area contributed by atoms with Crippen molar-refractivity contribution in [1.82, 2.24) is 4.90 Å². The third kappa shape index (κ3) is 1.09. The van der Waals surface area contributed by atoms with Crippen LogP contribution in [0.1, 0.15) is 6.92 Å². The molecule has 0 aromatic heterocycles. The van der Waals surface area contributed by atoms with Crippen LogP contribution < -0.4 is 5.73 Å². The van der Waals surface area contributed by atoms with Crippen molar-refractivity contribution in [3.8, 4) is 0 Å². The van der Waals surface area contributed by atoms with Crippen molar-refractivity contribution in [3.63, 3.8) is 0 Å². The summed E-state index contributed by atoms with van der Waals surface area (Å²) in [5.74, 6) is 0.655. The highest BCUT2D eigenvalue weighted by molar-refractivity contribution is 8.14. The lowest BCUT2D eigenvalue weighted by atomic mass is 10.4. The van der Waals surface area contributed by atoms with Gasteiger partial charge in [-0.2, -0.15) is 0 Å². The van der Waals surface area contributed by atoms with Crippen molar-refractivity contribution in [2.45, 2.75) is 13.0 Å². The Morgan fingerprint density at radius 1 is 1.90 bits per heavy atom. The molecular weight excluding hydrogens is 152 g/mol. The molecule has 0 aromatic rings. The summed E-state index contributed by atoms with van der Waals surface area (Å²) < 4.78 is 0. The molecular formula is C5H8N2O2S. The molecule has 0 aromatic carbocycles. The van der Waals surface area contributed by atoms with E-state index in [0.717, 1.165) is 16.7 Å². The van der Waals surface area contributed by atoms with E-state index >= 15 is 0 Å². The average molecular weight is 160 g/mol. The summed E-state index contributed by atoms with van der Waals surface area (Å²) in [5.41, 5.74) is 4.93. The van der Waals surface area contributed by atoms with Crippen LogP contribution in [0.5, 0.6) is 0 Å². The molecule has 1 heterocycles. The summed E-state index contributed by atoms with van der Waals surface area (Å²) in [6.45, 7) is 1.79. The fourth-order valence-electron chi connectivity index (χ4n) is 0.823. The SMILES string of the molecule is C[C@H]1CSC(=O)N1C(N)=O. The number of nitrogens with two attached hydrogens (primary N) is 1. The van der Waals surface area contributed by atoms with Gasteiger partial charge in [-0.1, -0.05) is 11.8 Å². The van der Waals surface area contributed by atoms with Gasteiger partial charge in [0.1, 0.15) is 0 Å². The van der Waals surface area contributed by atoms with E-state index in [1.165, 1.54) is 0 Å². The first-order chi connectivity index (χ1) is 4.63. The monoisotopic (exact) mass is 160 g/mol. The lowest BCUT2D eigenvalue weighted by Gasteiger charge is -2.14. The van der Waals surface area contributed by atoms with Crippen LogP contribution in [0.25, 0.3) is 0 Å². The second kappa shape index (κ2) is 2.49. The van der Waals surface area contributed by atoms with Gasteiger partial charge in [-0.3, -0.25) is 9.69 Å². The molecule has 4 nitrogen and oxygen atoms in total. The van der Waals surface area contributed by atoms with Gasteiger partial charge in [0.25, 0.3) is 5.24 Å². The average Bonchev–Trinajstić information content (AvgIpc) is 2.11. The van der Waals surface area contributed by atoms with Gasteiger partial charge in [0.05, 0.1) is 0 Å². The molecule has 0 aliphatic carbocycles. The molecule has 0 bridgehead atoms. The van der Waals surface area contributed by atoms with Crippen molar-refractivity contribution in [3.05, 3.63) is 0 Å². The first kappa shape index (κ1) is 7.40. The van der Waals surface area contributed by atoms with Gasteiger partial charge in [-0.25, -0.2) is 4.79 Å². The van der Waals surface area contributed by atoms with E-state index in [-0.39, 0.29) is 11.3 Å². The maximum atomic E-state index is 10.8. The summed E-state index contributed by atoms with van der Waals surface area (Å²) in [7, 11) is 0. The number of carbonyl (C=O) groups is 2. The van der Waals surface area contributed by atoms with E-state index in [4.69, 9.17) is 5.73 Å². The third-order valence-corrected chi connectivity index (χ3v) is 2.42. The van der Waals surface area contributed by atoms with Crippen LogP contribution in [0.4, 0.5) is 9.59 Å². The number of primary amides is 1. The molecule has 5 heteroatoms. The van der Waals surface area contributed by atoms with Crippen LogP contribution in [0, 0.1) is 0 Å². The van der Waals surface area contributed by atoms with E-state index in [0.29, 0.717) is 5.75 Å². The van der Waals surface area contributed by atoms with Gasteiger partial charge in [0.15, 0.2) is 0 Å². The summed E-state index contributed by atoms with van der Waals surface area (Å²) in [5, 5.41) is -0.236. The Morgan fingerprint density at radius 3 is 2.70 bits per heavy atom. The van der Waals surface area contributed by atoms with Gasteiger partial charge < -0.3 is 5.73 Å². The predicted octanol–water partition coefficient (Wildman–Crippen LogP) is 0.622. The largest absolute Gasteiger partial charge is 0.351 e. The number of thioether (sulfide) groups is 1. The van der Waals surface area contributed by atoms with Crippen LogP contribution >= 0.6 is 11.8 Å². The highest BCUT2D eigenvalue weighted by Crippen LogP contribution is 2.22. The Bertz CT molecular complexity index is 182. The van der Waals surface area contributed by atoms with Crippen molar-refractivity contribution in [2.24, 2.45) is 5.73 Å². The Hall–Kier alpha value is -0.710. The van der Waals surface area contributed by atoms with Crippen molar-refractivity contribution < 1.29 is 9.59 Å². The predicted molar refractivity (Wildman–Crippen MR) is 38.7 cm³/mol. The molecule has 1 rings (SSSR count). The number of imide groups is 1. The van der Waals surface area contributed by atoms with Crippen LogP contribution in [0.2, 0.25) is 0 Å². The van der Waals surface area contributed by atoms with Crippen molar-refractivity contribution in [1.29, 1.82) is 0 Å². The van der Waals surface area contributed by atoms with Gasteiger partial charge in [0.2, 0.25) is 0 Å². The normalized spacial score (nSPS) is 25.5. The standard InChI is InChI=1S/C5H8N2O2S/c1-3-2-10-5(9)7(3)4(6)8/h3H,2H2,1H3,(H2,6,8)/t3-/m0/s1. The Kier molecular flexibility index (Phi) is 1.85. The maximum absolute atomic E-state index is 10.8. The van der Waals surface area contributed by atoms with Crippen LogP contribution in [-0.2, 0) is 0 Å². The Labute approximate surface area is 62.7 Å². The van der Waals surface area contributed by atoms with Gasteiger partial charge in [-0.05, 0) is 6.92 Å².